The summed E-state index contributed by atoms with van der Waals surface area (Å²) >= 11 is 0. The molecule has 2 unspecified atom stereocenters. The Morgan fingerprint density at radius 1 is 1.20 bits per heavy atom. The normalized spacial score (nSPS) is 22.9. The number of sulfonamides is 1. The fourth-order valence-electron chi connectivity index (χ4n) is 2.80. The number of anilines is 1. The SMILES string of the molecule is CCNS(=O)(=O)c1ccc(NCC2CCC(C)C2)cc1. The van der Waals surface area contributed by atoms with Crippen molar-refractivity contribution in [3.8, 4) is 0 Å². The summed E-state index contributed by atoms with van der Waals surface area (Å²) < 4.78 is 26.1. The molecule has 5 heteroatoms. The molecule has 0 bridgehead atoms. The summed E-state index contributed by atoms with van der Waals surface area (Å²) in [6, 6.07) is 6.97. The molecule has 2 atom stereocenters. The van der Waals surface area contributed by atoms with Crippen molar-refractivity contribution in [2.75, 3.05) is 18.4 Å². The van der Waals surface area contributed by atoms with Crippen LogP contribution in [0.15, 0.2) is 29.2 Å². The van der Waals surface area contributed by atoms with Gasteiger partial charge in [0.05, 0.1) is 4.90 Å². The van der Waals surface area contributed by atoms with Gasteiger partial charge in [-0.2, -0.15) is 0 Å². The molecular weight excluding hydrogens is 272 g/mol. The van der Waals surface area contributed by atoms with Crippen molar-refractivity contribution < 1.29 is 8.42 Å². The van der Waals surface area contributed by atoms with Gasteiger partial charge < -0.3 is 5.32 Å². The second-order valence-corrected chi connectivity index (χ2v) is 7.46. The third-order valence-corrected chi connectivity index (χ3v) is 5.46. The molecule has 0 saturated heterocycles. The summed E-state index contributed by atoms with van der Waals surface area (Å²) in [7, 11) is -3.34. The monoisotopic (exact) mass is 296 g/mol. The number of rotatable bonds is 6. The van der Waals surface area contributed by atoms with Crippen LogP contribution in [0, 0.1) is 11.8 Å². The number of hydrogen-bond acceptors (Lipinski definition) is 3. The summed E-state index contributed by atoms with van der Waals surface area (Å²) in [5, 5.41) is 3.40. The molecule has 2 N–H and O–H groups in total. The summed E-state index contributed by atoms with van der Waals surface area (Å²) in [6.45, 7) is 5.46. The molecule has 1 aromatic rings. The van der Waals surface area contributed by atoms with E-state index in [0.717, 1.165) is 24.1 Å². The van der Waals surface area contributed by atoms with E-state index in [2.05, 4.69) is 17.0 Å². The molecule has 1 aliphatic rings. The molecule has 4 nitrogen and oxygen atoms in total. The Kier molecular flexibility index (Phi) is 5.05. The van der Waals surface area contributed by atoms with E-state index in [1.807, 2.05) is 12.1 Å². The van der Waals surface area contributed by atoms with Gasteiger partial charge in [0.25, 0.3) is 0 Å². The van der Waals surface area contributed by atoms with Crippen LogP contribution < -0.4 is 10.0 Å². The largest absolute Gasteiger partial charge is 0.385 e. The maximum atomic E-state index is 11.8. The third-order valence-electron chi connectivity index (χ3n) is 3.90. The minimum Gasteiger partial charge on any atom is -0.385 e. The fourth-order valence-corrected chi connectivity index (χ4v) is 3.84. The van der Waals surface area contributed by atoms with Crippen LogP contribution in [-0.4, -0.2) is 21.5 Å². The molecular formula is C15H24N2O2S. The Morgan fingerprint density at radius 2 is 1.90 bits per heavy atom. The molecule has 112 valence electrons. The number of nitrogens with one attached hydrogen (secondary N) is 2. The number of benzene rings is 1. The van der Waals surface area contributed by atoms with Crippen molar-refractivity contribution in [1.82, 2.24) is 4.72 Å². The van der Waals surface area contributed by atoms with Crippen molar-refractivity contribution in [3.63, 3.8) is 0 Å². The van der Waals surface area contributed by atoms with Gasteiger partial charge in [0.2, 0.25) is 10.0 Å². The Morgan fingerprint density at radius 3 is 2.45 bits per heavy atom. The number of hydrogen-bond donors (Lipinski definition) is 2. The highest BCUT2D eigenvalue weighted by molar-refractivity contribution is 7.89. The van der Waals surface area contributed by atoms with Crippen molar-refractivity contribution in [2.45, 2.75) is 38.0 Å². The topological polar surface area (TPSA) is 58.2 Å². The quantitative estimate of drug-likeness (QED) is 0.848. The lowest BCUT2D eigenvalue weighted by atomic mass is 10.1. The molecule has 2 rings (SSSR count). The van der Waals surface area contributed by atoms with E-state index in [-0.39, 0.29) is 0 Å². The zero-order valence-corrected chi connectivity index (χ0v) is 13.0. The molecule has 1 saturated carbocycles. The van der Waals surface area contributed by atoms with E-state index in [1.165, 1.54) is 19.3 Å². The molecule has 1 fully saturated rings. The maximum absolute atomic E-state index is 11.8. The highest BCUT2D eigenvalue weighted by Gasteiger charge is 2.20. The van der Waals surface area contributed by atoms with E-state index in [1.54, 1.807) is 19.1 Å². The molecule has 0 spiro atoms. The highest BCUT2D eigenvalue weighted by atomic mass is 32.2. The van der Waals surface area contributed by atoms with Gasteiger partial charge in [0.1, 0.15) is 0 Å². The minimum atomic E-state index is -3.34. The van der Waals surface area contributed by atoms with Crippen LogP contribution in [0.1, 0.15) is 33.1 Å². The van der Waals surface area contributed by atoms with Gasteiger partial charge in [0.15, 0.2) is 0 Å². The lowest BCUT2D eigenvalue weighted by Crippen LogP contribution is -2.23. The van der Waals surface area contributed by atoms with Gasteiger partial charge in [-0.15, -0.1) is 0 Å². The van der Waals surface area contributed by atoms with Gasteiger partial charge in [-0.1, -0.05) is 20.3 Å². The van der Waals surface area contributed by atoms with E-state index in [4.69, 9.17) is 0 Å². The lowest BCUT2D eigenvalue weighted by Gasteiger charge is -2.13. The van der Waals surface area contributed by atoms with Gasteiger partial charge in [-0.25, -0.2) is 13.1 Å². The maximum Gasteiger partial charge on any atom is 0.240 e. The van der Waals surface area contributed by atoms with Crippen LogP contribution in [0.3, 0.4) is 0 Å². The van der Waals surface area contributed by atoms with Crippen LogP contribution >= 0.6 is 0 Å². The summed E-state index contributed by atoms with van der Waals surface area (Å²) in [4.78, 5) is 0.319. The van der Waals surface area contributed by atoms with E-state index in [0.29, 0.717) is 11.4 Å². The molecule has 0 heterocycles. The van der Waals surface area contributed by atoms with E-state index >= 15 is 0 Å². The predicted molar refractivity (Wildman–Crippen MR) is 82.3 cm³/mol. The van der Waals surface area contributed by atoms with Crippen LogP contribution in [0.2, 0.25) is 0 Å². The lowest BCUT2D eigenvalue weighted by molar-refractivity contribution is 0.537. The second-order valence-electron chi connectivity index (χ2n) is 5.69. The predicted octanol–water partition coefficient (Wildman–Crippen LogP) is 2.83. The Hall–Kier alpha value is -1.07. The smallest absolute Gasteiger partial charge is 0.240 e. The Labute approximate surface area is 122 Å². The summed E-state index contributed by atoms with van der Waals surface area (Å²) in [6.07, 6.45) is 3.91. The first-order valence-corrected chi connectivity index (χ1v) is 8.83. The fraction of sp³-hybridized carbons (Fsp3) is 0.600. The average Bonchev–Trinajstić information content (AvgIpc) is 2.83. The van der Waals surface area contributed by atoms with Crippen LogP contribution in [-0.2, 0) is 10.0 Å². The molecule has 0 aromatic heterocycles. The summed E-state index contributed by atoms with van der Waals surface area (Å²) in [5.41, 5.74) is 0.986. The van der Waals surface area contributed by atoms with E-state index < -0.39 is 10.0 Å². The zero-order chi connectivity index (χ0) is 14.6. The van der Waals surface area contributed by atoms with Gasteiger partial charge in [-0.3, -0.25) is 0 Å². The molecule has 0 aliphatic heterocycles. The van der Waals surface area contributed by atoms with Gasteiger partial charge in [-0.05, 0) is 48.9 Å². The average molecular weight is 296 g/mol. The van der Waals surface area contributed by atoms with Crippen molar-refractivity contribution in [1.29, 1.82) is 0 Å². The first kappa shape index (κ1) is 15.3. The van der Waals surface area contributed by atoms with Crippen molar-refractivity contribution >= 4 is 15.7 Å². The van der Waals surface area contributed by atoms with Crippen LogP contribution in [0.4, 0.5) is 5.69 Å². The zero-order valence-electron chi connectivity index (χ0n) is 12.2. The molecule has 1 aliphatic carbocycles. The second kappa shape index (κ2) is 6.59. The first-order valence-electron chi connectivity index (χ1n) is 7.35. The Balaban J connectivity index is 1.92. The molecule has 1 aromatic carbocycles. The molecule has 0 amide bonds. The van der Waals surface area contributed by atoms with Crippen LogP contribution in [0.25, 0.3) is 0 Å². The van der Waals surface area contributed by atoms with Gasteiger partial charge >= 0.3 is 0 Å². The summed E-state index contributed by atoms with van der Waals surface area (Å²) in [5.74, 6) is 1.59. The standard InChI is InChI=1S/C15H24N2O2S/c1-3-17-20(18,19)15-8-6-14(7-9-15)16-11-13-5-4-12(2)10-13/h6-9,12-13,16-17H,3-5,10-11H2,1-2H3. The van der Waals surface area contributed by atoms with E-state index in [9.17, 15) is 8.42 Å². The molecule has 20 heavy (non-hydrogen) atoms. The van der Waals surface area contributed by atoms with Gasteiger partial charge in [0, 0.05) is 18.8 Å². The van der Waals surface area contributed by atoms with Crippen LogP contribution in [0.5, 0.6) is 0 Å². The first-order chi connectivity index (χ1) is 9.51. The molecule has 0 radical (unpaired) electrons. The van der Waals surface area contributed by atoms with Crippen molar-refractivity contribution in [3.05, 3.63) is 24.3 Å². The minimum absolute atomic E-state index is 0.319. The third kappa shape index (κ3) is 3.96. The Bertz CT molecular complexity index is 525. The van der Waals surface area contributed by atoms with Crippen molar-refractivity contribution in [2.24, 2.45) is 11.8 Å². The highest BCUT2D eigenvalue weighted by Crippen LogP contribution is 2.30.